The van der Waals surface area contributed by atoms with Crippen molar-refractivity contribution in [2.24, 2.45) is 30.7 Å². The van der Waals surface area contributed by atoms with E-state index in [2.05, 4.69) is 40.7 Å². The van der Waals surface area contributed by atoms with Crippen molar-refractivity contribution in [1.82, 2.24) is 9.97 Å². The number of rotatable bonds is 9. The predicted molar refractivity (Wildman–Crippen MR) is 210 cm³/mol. The number of azo groups is 3. The van der Waals surface area contributed by atoms with E-state index >= 15 is 0 Å². The van der Waals surface area contributed by atoms with Gasteiger partial charge in [0.25, 0.3) is 20.2 Å². The Balaban J connectivity index is 0.00000300. The molecule has 7 N–H and O–H groups in total. The zero-order chi connectivity index (χ0) is 38.2. The molecule has 0 atom stereocenters. The average molecular weight is 810 g/mol. The standard InChI is InChI=1S/C35H25N9O8S2.2Na/c36-31-30-20(17-29(54(50,51)52)33(34(30)46)44-40-21-4-2-1-3-5-21)16-28(53(47,48)49)32(31)43-41-22-8-6-19(7-9-22)35-37-26-15-12-24(18-27(26)38-35)42-39-23-10-13-25(45)14-11-23;;/h1-18,45-46H,36H2,(H,37,38)(H,47,48,49)(H,50,51,52);;. The molecule has 272 valence electrons. The fraction of sp³-hybridized carbons (Fsp3) is 0. The van der Waals surface area contributed by atoms with Crippen molar-refractivity contribution in [2.45, 2.75) is 9.79 Å². The number of aromatic hydroxyl groups is 2. The van der Waals surface area contributed by atoms with Crippen LogP contribution in [0, 0.1) is 0 Å². The second-order valence-corrected chi connectivity index (χ2v) is 14.3. The van der Waals surface area contributed by atoms with E-state index in [0.717, 1.165) is 17.6 Å². The Labute approximate surface area is 362 Å². The molecule has 0 spiro atoms. The third kappa shape index (κ3) is 9.19. The Kier molecular flexibility index (Phi) is 12.9. The first kappa shape index (κ1) is 42.2. The summed E-state index contributed by atoms with van der Waals surface area (Å²) in [5.41, 5.74) is 8.23. The minimum absolute atomic E-state index is 0. The van der Waals surface area contributed by atoms with Crippen molar-refractivity contribution in [3.05, 3.63) is 109 Å². The number of nitrogens with zero attached hydrogens (tertiary/aromatic N) is 7. The van der Waals surface area contributed by atoms with Gasteiger partial charge in [0.15, 0.2) is 5.75 Å². The first-order valence-corrected chi connectivity index (χ1v) is 18.4. The number of imidazole rings is 1. The maximum atomic E-state index is 12.5. The first-order valence-electron chi connectivity index (χ1n) is 15.5. The third-order valence-electron chi connectivity index (χ3n) is 7.90. The molecule has 0 aliphatic rings. The fourth-order valence-corrected chi connectivity index (χ4v) is 6.66. The molecule has 7 aromatic rings. The molecule has 1 heterocycles. The van der Waals surface area contributed by atoms with Crippen molar-refractivity contribution < 1.29 is 36.2 Å². The monoisotopic (exact) mass is 809 g/mol. The van der Waals surface area contributed by atoms with Crippen molar-refractivity contribution >= 4 is 141 Å². The van der Waals surface area contributed by atoms with E-state index in [0.29, 0.717) is 28.3 Å². The van der Waals surface area contributed by atoms with E-state index in [1.54, 1.807) is 84.9 Å². The molecule has 0 unspecified atom stereocenters. The van der Waals surface area contributed by atoms with Gasteiger partial charge >= 0.3 is 0 Å². The molecule has 17 nitrogen and oxygen atoms in total. The minimum Gasteiger partial charge on any atom is -0.508 e. The van der Waals surface area contributed by atoms with Gasteiger partial charge in [0, 0.05) is 64.7 Å². The molecule has 0 bridgehead atoms. The Hall–Kier alpha value is -4.93. The van der Waals surface area contributed by atoms with Gasteiger partial charge in [-0.25, -0.2) is 4.98 Å². The minimum atomic E-state index is -5.05. The van der Waals surface area contributed by atoms with Crippen LogP contribution in [0.2, 0.25) is 0 Å². The van der Waals surface area contributed by atoms with Crippen LogP contribution in [0.3, 0.4) is 0 Å². The molecule has 0 saturated carbocycles. The molecule has 0 saturated heterocycles. The molecule has 0 fully saturated rings. The largest absolute Gasteiger partial charge is 0.508 e. The van der Waals surface area contributed by atoms with E-state index in [-0.39, 0.29) is 87.0 Å². The molecule has 0 aliphatic heterocycles. The van der Waals surface area contributed by atoms with Crippen molar-refractivity contribution in [1.29, 1.82) is 0 Å². The van der Waals surface area contributed by atoms with E-state index in [9.17, 15) is 36.2 Å². The Bertz CT molecular complexity index is 2910. The SMILES string of the molecule is Nc1c(N=Nc2ccc(-c3nc4cc(N=Nc5ccc(O)cc5)ccc4[nH]3)cc2)c(S(=O)(=O)O)cc2cc(S(=O)(=O)O)c(N=Nc3ccccc3)c(O)c12.[Na].[Na]. The maximum Gasteiger partial charge on any atom is 0.296 e. The van der Waals surface area contributed by atoms with Crippen LogP contribution in [0.1, 0.15) is 0 Å². The Morgan fingerprint density at radius 3 is 1.70 bits per heavy atom. The number of nitrogen functional groups attached to an aromatic ring is 1. The summed E-state index contributed by atoms with van der Waals surface area (Å²) in [5.74, 6) is -0.219. The summed E-state index contributed by atoms with van der Waals surface area (Å²) in [5, 5.41) is 44.3. The van der Waals surface area contributed by atoms with Crippen LogP contribution >= 0.6 is 0 Å². The van der Waals surface area contributed by atoms with Gasteiger partial charge < -0.3 is 20.9 Å². The summed E-state index contributed by atoms with van der Waals surface area (Å²) in [6.45, 7) is 0. The molecular formula is C35H25N9Na2O8S2. The number of phenolic OH excluding ortho intramolecular Hbond substituents is 2. The molecule has 7 rings (SSSR count). The van der Waals surface area contributed by atoms with E-state index < -0.39 is 52.8 Å². The normalized spacial score (nSPS) is 12.1. The topological polar surface area (TPSA) is 278 Å². The maximum absolute atomic E-state index is 12.5. The number of aromatic amines is 1. The van der Waals surface area contributed by atoms with Gasteiger partial charge in [-0.3, -0.25) is 9.11 Å². The molecule has 6 aromatic carbocycles. The van der Waals surface area contributed by atoms with E-state index in [4.69, 9.17) is 5.73 Å². The zero-order valence-corrected chi connectivity index (χ0v) is 35.0. The molecular weight excluding hydrogens is 785 g/mol. The number of hydrogen-bond acceptors (Lipinski definition) is 14. The first-order chi connectivity index (χ1) is 25.7. The van der Waals surface area contributed by atoms with E-state index in [1.165, 1.54) is 12.1 Å². The number of hydrogen-bond donors (Lipinski definition) is 6. The van der Waals surface area contributed by atoms with Crippen LogP contribution < -0.4 is 5.73 Å². The van der Waals surface area contributed by atoms with Crippen LogP contribution in [0.15, 0.2) is 150 Å². The number of benzene rings is 6. The Morgan fingerprint density at radius 1 is 0.589 bits per heavy atom. The third-order valence-corrected chi connectivity index (χ3v) is 9.63. The zero-order valence-electron chi connectivity index (χ0n) is 29.3. The van der Waals surface area contributed by atoms with Crippen LogP contribution in [0.25, 0.3) is 33.2 Å². The number of phenols is 2. The summed E-state index contributed by atoms with van der Waals surface area (Å²) in [7, 11) is -10.1. The summed E-state index contributed by atoms with van der Waals surface area (Å²) < 4.78 is 69.5. The van der Waals surface area contributed by atoms with Gasteiger partial charge in [-0.1, -0.05) is 18.2 Å². The molecule has 21 heteroatoms. The van der Waals surface area contributed by atoms with Gasteiger partial charge in [0.1, 0.15) is 32.7 Å². The number of anilines is 1. The van der Waals surface area contributed by atoms with Crippen molar-refractivity contribution in [3.63, 3.8) is 0 Å². The number of fused-ring (bicyclic) bond motifs is 2. The molecule has 0 aliphatic carbocycles. The van der Waals surface area contributed by atoms with Gasteiger partial charge in [0.05, 0.1) is 44.9 Å². The second kappa shape index (κ2) is 17.1. The van der Waals surface area contributed by atoms with Crippen LogP contribution in [-0.2, 0) is 20.2 Å². The molecule has 56 heavy (non-hydrogen) atoms. The number of nitrogens with one attached hydrogen (secondary N) is 1. The van der Waals surface area contributed by atoms with Crippen LogP contribution in [0.4, 0.5) is 39.8 Å². The van der Waals surface area contributed by atoms with Crippen molar-refractivity contribution in [2.75, 3.05) is 5.73 Å². The number of H-pyrrole nitrogens is 1. The van der Waals surface area contributed by atoms with E-state index in [1.807, 2.05) is 0 Å². The number of aromatic nitrogens is 2. The van der Waals surface area contributed by atoms with Gasteiger partial charge in [-0.2, -0.15) is 37.3 Å². The summed E-state index contributed by atoms with van der Waals surface area (Å²) in [6.07, 6.45) is 0. The van der Waals surface area contributed by atoms with Crippen molar-refractivity contribution in [3.8, 4) is 22.9 Å². The average Bonchev–Trinajstić information content (AvgIpc) is 3.57. The quantitative estimate of drug-likeness (QED) is 0.0351. The predicted octanol–water partition coefficient (Wildman–Crippen LogP) is 8.35. The molecule has 2 radical (unpaired) electrons. The van der Waals surface area contributed by atoms with Gasteiger partial charge in [0.2, 0.25) is 0 Å². The smallest absolute Gasteiger partial charge is 0.296 e. The summed E-state index contributed by atoms with van der Waals surface area (Å²) >= 11 is 0. The van der Waals surface area contributed by atoms with Crippen LogP contribution in [-0.4, -0.2) is 105 Å². The number of nitrogens with two attached hydrogens (primary N) is 1. The second-order valence-electron chi connectivity index (χ2n) is 11.5. The summed E-state index contributed by atoms with van der Waals surface area (Å²) in [6, 6.07) is 27.8. The van der Waals surface area contributed by atoms with Crippen LogP contribution in [0.5, 0.6) is 11.5 Å². The van der Waals surface area contributed by atoms with Gasteiger partial charge in [-0.05, 0) is 96.4 Å². The van der Waals surface area contributed by atoms with Gasteiger partial charge in [-0.15, -0.1) is 10.2 Å². The molecule has 0 amide bonds. The fourth-order valence-electron chi connectivity index (χ4n) is 5.33. The summed E-state index contributed by atoms with van der Waals surface area (Å²) in [4.78, 5) is 6.10. The Morgan fingerprint density at radius 2 is 1.09 bits per heavy atom. The molecule has 1 aromatic heterocycles.